The Hall–Kier alpha value is -3.19. The highest BCUT2D eigenvalue weighted by molar-refractivity contribution is 5.76. The highest BCUT2D eigenvalue weighted by Gasteiger charge is 2.61. The van der Waals surface area contributed by atoms with Crippen LogP contribution in [0.1, 0.15) is 103 Å². The van der Waals surface area contributed by atoms with Crippen LogP contribution in [-0.2, 0) is 31.0 Å². The minimum absolute atomic E-state index is 0.0373. The minimum atomic E-state index is -0.721. The second kappa shape index (κ2) is 15.1. The Morgan fingerprint density at radius 1 is 0.935 bits per heavy atom. The van der Waals surface area contributed by atoms with Crippen LogP contribution in [0, 0.1) is 11.8 Å². The molecule has 7 heteroatoms. The van der Waals surface area contributed by atoms with Crippen LogP contribution in [0.15, 0.2) is 54.6 Å². The SMILES string of the molecule is CC(=O)Oc1cccc([C@@]23CCN(CC4CC4)C[C@@]2(OC(C)=O)CC[C@H](N(CC(C)C)C(=O)CCCCCc2ccccc2)C3)c1. The first-order valence-corrected chi connectivity index (χ1v) is 17.6. The fourth-order valence-electron chi connectivity index (χ4n) is 8.19. The van der Waals surface area contributed by atoms with Gasteiger partial charge in [-0.25, -0.2) is 0 Å². The predicted molar refractivity (Wildman–Crippen MR) is 181 cm³/mol. The van der Waals surface area contributed by atoms with E-state index in [2.05, 4.69) is 54.0 Å². The zero-order valence-electron chi connectivity index (χ0n) is 28.5. The highest BCUT2D eigenvalue weighted by atomic mass is 16.6. The zero-order valence-corrected chi connectivity index (χ0v) is 28.5. The molecule has 0 N–H and O–H groups in total. The van der Waals surface area contributed by atoms with Gasteiger partial charge in [0.1, 0.15) is 11.4 Å². The fraction of sp³-hybridized carbons (Fsp3) is 0.615. The molecule has 1 heterocycles. The lowest BCUT2D eigenvalue weighted by molar-refractivity contribution is -0.190. The van der Waals surface area contributed by atoms with Crippen LogP contribution in [0.4, 0.5) is 0 Å². The van der Waals surface area contributed by atoms with Gasteiger partial charge in [-0.2, -0.15) is 0 Å². The summed E-state index contributed by atoms with van der Waals surface area (Å²) in [7, 11) is 0. The first-order chi connectivity index (χ1) is 22.1. The maximum atomic E-state index is 14.0. The van der Waals surface area contributed by atoms with Crippen LogP contribution >= 0.6 is 0 Å². The maximum Gasteiger partial charge on any atom is 0.308 e. The quantitative estimate of drug-likeness (QED) is 0.126. The second-order valence-electron chi connectivity index (χ2n) is 14.6. The van der Waals surface area contributed by atoms with E-state index in [1.54, 1.807) is 0 Å². The average Bonchev–Trinajstić information content (AvgIpc) is 3.83. The van der Waals surface area contributed by atoms with E-state index < -0.39 is 11.0 Å². The van der Waals surface area contributed by atoms with Gasteiger partial charge >= 0.3 is 11.9 Å². The van der Waals surface area contributed by atoms with Gasteiger partial charge in [0.25, 0.3) is 0 Å². The number of fused-ring (bicyclic) bond motifs is 1. The summed E-state index contributed by atoms with van der Waals surface area (Å²) in [4.78, 5) is 43.4. The summed E-state index contributed by atoms with van der Waals surface area (Å²) in [5.41, 5.74) is 1.14. The lowest BCUT2D eigenvalue weighted by atomic mass is 9.54. The number of aryl methyl sites for hydroxylation is 1. The van der Waals surface area contributed by atoms with Crippen molar-refractivity contribution in [3.8, 4) is 5.75 Å². The molecule has 3 fully saturated rings. The number of rotatable bonds is 14. The van der Waals surface area contributed by atoms with E-state index in [0.717, 1.165) is 63.1 Å². The van der Waals surface area contributed by atoms with Gasteiger partial charge in [-0.3, -0.25) is 19.3 Å². The number of likely N-dealkylation sites (tertiary alicyclic amines) is 1. The number of benzene rings is 2. The molecule has 46 heavy (non-hydrogen) atoms. The van der Waals surface area contributed by atoms with Gasteiger partial charge in [-0.1, -0.05) is 62.7 Å². The Morgan fingerprint density at radius 3 is 2.41 bits per heavy atom. The van der Waals surface area contributed by atoms with Crippen LogP contribution in [0.5, 0.6) is 5.75 Å². The molecule has 7 nitrogen and oxygen atoms in total. The van der Waals surface area contributed by atoms with E-state index in [9.17, 15) is 14.4 Å². The van der Waals surface area contributed by atoms with E-state index in [4.69, 9.17) is 9.47 Å². The van der Waals surface area contributed by atoms with Crippen molar-refractivity contribution < 1.29 is 23.9 Å². The molecule has 2 aromatic rings. The summed E-state index contributed by atoms with van der Waals surface area (Å²) in [6.45, 7) is 10.6. The topological polar surface area (TPSA) is 76.2 Å². The van der Waals surface area contributed by atoms with Gasteiger partial charge < -0.3 is 14.4 Å². The van der Waals surface area contributed by atoms with Crippen molar-refractivity contribution >= 4 is 17.8 Å². The average molecular weight is 631 g/mol. The Labute approximate surface area is 276 Å². The monoisotopic (exact) mass is 630 g/mol. The van der Waals surface area contributed by atoms with E-state index in [0.29, 0.717) is 44.0 Å². The van der Waals surface area contributed by atoms with Gasteiger partial charge in [0.05, 0.1) is 0 Å². The molecule has 3 atom stereocenters. The molecule has 2 saturated carbocycles. The molecule has 0 unspecified atom stereocenters. The van der Waals surface area contributed by atoms with Crippen molar-refractivity contribution in [1.29, 1.82) is 0 Å². The summed E-state index contributed by atoms with van der Waals surface area (Å²) < 4.78 is 12.1. The van der Waals surface area contributed by atoms with E-state index in [-0.39, 0.29) is 23.9 Å². The first-order valence-electron chi connectivity index (χ1n) is 17.6. The third-order valence-corrected chi connectivity index (χ3v) is 10.4. The number of carbonyl (C=O) groups excluding carboxylic acids is 3. The molecule has 250 valence electrons. The third kappa shape index (κ3) is 8.39. The molecule has 3 aliphatic rings. The number of esters is 2. The number of nitrogens with zero attached hydrogens (tertiary/aromatic N) is 2. The molecule has 0 bridgehead atoms. The van der Waals surface area contributed by atoms with Crippen LogP contribution < -0.4 is 4.74 Å². The predicted octanol–water partition coefficient (Wildman–Crippen LogP) is 7.11. The lowest BCUT2D eigenvalue weighted by Gasteiger charge is -2.60. The molecule has 0 spiro atoms. The molecular formula is C39H54N2O5. The van der Waals surface area contributed by atoms with E-state index in [1.807, 2.05) is 24.3 Å². The molecular weight excluding hydrogens is 576 g/mol. The Balaban J connectivity index is 1.40. The Kier molecular flexibility index (Phi) is 11.2. The molecule has 2 aliphatic carbocycles. The summed E-state index contributed by atoms with van der Waals surface area (Å²) >= 11 is 0. The van der Waals surface area contributed by atoms with Crippen LogP contribution in [-0.4, -0.2) is 65.5 Å². The third-order valence-electron chi connectivity index (χ3n) is 10.4. The van der Waals surface area contributed by atoms with Crippen molar-refractivity contribution in [3.05, 3.63) is 65.7 Å². The maximum absolute atomic E-state index is 14.0. The number of ether oxygens (including phenoxy) is 2. The summed E-state index contributed by atoms with van der Waals surface area (Å²) in [6, 6.07) is 18.4. The number of amides is 1. The molecule has 0 radical (unpaired) electrons. The van der Waals surface area contributed by atoms with Crippen molar-refractivity contribution in [2.24, 2.45) is 11.8 Å². The second-order valence-corrected chi connectivity index (χ2v) is 14.6. The van der Waals surface area contributed by atoms with Crippen LogP contribution in [0.2, 0.25) is 0 Å². The van der Waals surface area contributed by atoms with Gasteiger partial charge in [0, 0.05) is 51.4 Å². The summed E-state index contributed by atoms with van der Waals surface area (Å²) in [6.07, 6.45) is 10.1. The molecule has 1 amide bonds. The Bertz CT molecular complexity index is 1340. The van der Waals surface area contributed by atoms with E-state index in [1.165, 1.54) is 32.3 Å². The van der Waals surface area contributed by atoms with Gasteiger partial charge in [0.2, 0.25) is 5.91 Å². The van der Waals surface area contributed by atoms with Gasteiger partial charge in [-0.15, -0.1) is 0 Å². The number of carbonyl (C=O) groups is 3. The normalized spacial score (nSPS) is 24.7. The highest BCUT2D eigenvalue weighted by Crippen LogP contribution is 2.55. The summed E-state index contributed by atoms with van der Waals surface area (Å²) in [5, 5.41) is 0. The first kappa shape index (κ1) is 34.2. The lowest BCUT2D eigenvalue weighted by Crippen LogP contribution is -2.69. The Morgan fingerprint density at radius 2 is 1.72 bits per heavy atom. The van der Waals surface area contributed by atoms with Crippen molar-refractivity contribution in [1.82, 2.24) is 9.80 Å². The number of unbranched alkanes of at least 4 members (excludes halogenated alkanes) is 2. The smallest absolute Gasteiger partial charge is 0.308 e. The standard InChI is InChI=1S/C39H54N2O5/c1-29(2)26-41(37(44)17-10-6-9-14-32-12-7-5-8-13-32)35-20-21-39(46-31(4)43)28-40(27-33-18-19-33)23-22-38(39,25-35)34-15-11-16-36(24-34)45-30(3)42/h5,7-8,11-13,15-16,24,29,33,35H,6,9-10,14,17-23,25-28H2,1-4H3/t35-,38-,39-/m0/s1. The van der Waals surface area contributed by atoms with Crippen molar-refractivity contribution in [2.45, 2.75) is 115 Å². The largest absolute Gasteiger partial charge is 0.457 e. The molecule has 1 saturated heterocycles. The fourth-order valence-corrected chi connectivity index (χ4v) is 8.19. The minimum Gasteiger partial charge on any atom is -0.457 e. The number of piperidine rings is 1. The number of hydrogen-bond donors (Lipinski definition) is 0. The van der Waals surface area contributed by atoms with Gasteiger partial charge in [0.15, 0.2) is 0 Å². The van der Waals surface area contributed by atoms with Crippen LogP contribution in [0.3, 0.4) is 0 Å². The van der Waals surface area contributed by atoms with Crippen molar-refractivity contribution in [3.63, 3.8) is 0 Å². The summed E-state index contributed by atoms with van der Waals surface area (Å²) in [5.74, 6) is 1.18. The molecule has 0 aromatic heterocycles. The molecule has 2 aromatic carbocycles. The van der Waals surface area contributed by atoms with Crippen LogP contribution in [0.25, 0.3) is 0 Å². The number of hydrogen-bond acceptors (Lipinski definition) is 6. The van der Waals surface area contributed by atoms with E-state index >= 15 is 0 Å². The molecule has 1 aliphatic heterocycles. The van der Waals surface area contributed by atoms with Gasteiger partial charge in [-0.05, 0) is 99.4 Å². The van der Waals surface area contributed by atoms with Crippen molar-refractivity contribution in [2.75, 3.05) is 26.2 Å². The zero-order chi connectivity index (χ0) is 32.7. The molecule has 5 rings (SSSR count).